The molecule has 3 nitrogen and oxygen atoms in total. The van der Waals surface area contributed by atoms with E-state index in [-0.39, 0.29) is 5.82 Å². The van der Waals surface area contributed by atoms with Gasteiger partial charge >= 0.3 is 0 Å². The van der Waals surface area contributed by atoms with E-state index in [4.69, 9.17) is 4.52 Å². The van der Waals surface area contributed by atoms with Gasteiger partial charge in [0.15, 0.2) is 0 Å². The maximum atomic E-state index is 13.1. The molecule has 3 aromatic rings. The summed E-state index contributed by atoms with van der Waals surface area (Å²) >= 11 is 0. The molecule has 0 radical (unpaired) electrons. The van der Waals surface area contributed by atoms with Crippen LogP contribution in [-0.2, 0) is 6.54 Å². The van der Waals surface area contributed by atoms with Crippen molar-refractivity contribution in [2.45, 2.75) is 20.4 Å². The number of hydrogen-bond donors (Lipinski definition) is 0. The normalized spacial score (nSPS) is 11.3. The number of rotatable bonds is 2. The molecular formula is C14H13FN2O. The fourth-order valence-corrected chi connectivity index (χ4v) is 2.21. The van der Waals surface area contributed by atoms with Gasteiger partial charge in [0.05, 0.1) is 12.2 Å². The lowest BCUT2D eigenvalue weighted by molar-refractivity contribution is 0.392. The van der Waals surface area contributed by atoms with Crippen LogP contribution >= 0.6 is 0 Å². The number of fused-ring (bicyclic) bond motifs is 1. The van der Waals surface area contributed by atoms with Crippen LogP contribution < -0.4 is 0 Å². The second-order valence-electron chi connectivity index (χ2n) is 4.45. The van der Waals surface area contributed by atoms with Gasteiger partial charge in [-0.1, -0.05) is 5.16 Å². The first kappa shape index (κ1) is 11.0. The van der Waals surface area contributed by atoms with Crippen molar-refractivity contribution in [1.29, 1.82) is 0 Å². The van der Waals surface area contributed by atoms with Crippen LogP contribution in [0.25, 0.3) is 10.9 Å². The van der Waals surface area contributed by atoms with Crippen LogP contribution in [0.2, 0.25) is 0 Å². The molecule has 0 N–H and O–H groups in total. The second-order valence-corrected chi connectivity index (χ2v) is 4.45. The number of hydrogen-bond acceptors (Lipinski definition) is 2. The van der Waals surface area contributed by atoms with Crippen molar-refractivity contribution in [2.24, 2.45) is 0 Å². The summed E-state index contributed by atoms with van der Waals surface area (Å²) in [5.41, 5.74) is 2.99. The third-order valence-corrected chi connectivity index (χ3v) is 3.24. The van der Waals surface area contributed by atoms with Gasteiger partial charge in [-0.05, 0) is 38.1 Å². The molecule has 0 amide bonds. The summed E-state index contributed by atoms with van der Waals surface area (Å²) in [4.78, 5) is 0. The van der Waals surface area contributed by atoms with Crippen LogP contribution in [-0.4, -0.2) is 9.72 Å². The molecule has 3 rings (SSSR count). The van der Waals surface area contributed by atoms with Crippen LogP contribution in [0.4, 0.5) is 4.39 Å². The lowest BCUT2D eigenvalue weighted by Gasteiger charge is -2.04. The van der Waals surface area contributed by atoms with E-state index in [1.807, 2.05) is 26.1 Å². The van der Waals surface area contributed by atoms with Crippen molar-refractivity contribution < 1.29 is 8.91 Å². The van der Waals surface area contributed by atoms with E-state index in [1.165, 1.54) is 6.07 Å². The Morgan fingerprint density at radius 1 is 1.28 bits per heavy atom. The molecule has 0 saturated carbocycles. The largest absolute Gasteiger partial charge is 0.361 e. The van der Waals surface area contributed by atoms with Crippen LogP contribution in [0.5, 0.6) is 0 Å². The third kappa shape index (κ3) is 1.70. The Bertz CT molecular complexity index is 692. The summed E-state index contributed by atoms with van der Waals surface area (Å²) in [5.74, 6) is 0.619. The van der Waals surface area contributed by atoms with Gasteiger partial charge in [0, 0.05) is 22.7 Å². The van der Waals surface area contributed by atoms with Gasteiger partial charge in [-0.15, -0.1) is 0 Å². The third-order valence-electron chi connectivity index (χ3n) is 3.24. The minimum Gasteiger partial charge on any atom is -0.361 e. The van der Waals surface area contributed by atoms with Crippen LogP contribution in [0.15, 0.2) is 35.0 Å². The smallest absolute Gasteiger partial charge is 0.138 e. The lowest BCUT2D eigenvalue weighted by atomic mass is 10.2. The van der Waals surface area contributed by atoms with E-state index in [9.17, 15) is 4.39 Å². The number of benzene rings is 1. The molecule has 2 heterocycles. The molecule has 0 spiro atoms. The first-order valence-electron chi connectivity index (χ1n) is 5.81. The number of aryl methyl sites for hydroxylation is 2. The molecule has 0 saturated heterocycles. The first-order valence-corrected chi connectivity index (χ1v) is 5.81. The predicted molar refractivity (Wildman–Crippen MR) is 67.0 cm³/mol. The molecule has 0 aliphatic heterocycles. The molecule has 0 unspecified atom stereocenters. The van der Waals surface area contributed by atoms with E-state index < -0.39 is 0 Å². The molecule has 1 aromatic carbocycles. The number of aromatic nitrogens is 2. The predicted octanol–water partition coefficient (Wildman–Crippen LogP) is 3.43. The fraction of sp³-hybridized carbons (Fsp3) is 0.214. The van der Waals surface area contributed by atoms with Crippen molar-refractivity contribution in [3.05, 3.63) is 53.3 Å². The van der Waals surface area contributed by atoms with E-state index in [0.717, 1.165) is 27.9 Å². The molecule has 4 heteroatoms. The standard InChI is InChI=1S/C14H13FN2O/c1-9-13(10(2)18-16-9)8-17-6-5-11-7-12(15)3-4-14(11)17/h3-7H,8H2,1-2H3. The Balaban J connectivity index is 2.06. The highest BCUT2D eigenvalue weighted by molar-refractivity contribution is 5.80. The minimum absolute atomic E-state index is 0.211. The average Bonchev–Trinajstić information content (AvgIpc) is 2.87. The molecule has 0 aliphatic carbocycles. The second kappa shape index (κ2) is 3.98. The topological polar surface area (TPSA) is 31.0 Å². The number of nitrogens with zero attached hydrogens (tertiary/aromatic N) is 2. The van der Waals surface area contributed by atoms with Gasteiger partial charge in [-0.2, -0.15) is 0 Å². The molecule has 0 atom stereocenters. The van der Waals surface area contributed by atoms with Gasteiger partial charge in [0.25, 0.3) is 0 Å². The Morgan fingerprint density at radius 2 is 2.11 bits per heavy atom. The van der Waals surface area contributed by atoms with Crippen LogP contribution in [0.1, 0.15) is 17.0 Å². The monoisotopic (exact) mass is 244 g/mol. The van der Waals surface area contributed by atoms with Gasteiger partial charge in [0.2, 0.25) is 0 Å². The fourth-order valence-electron chi connectivity index (χ4n) is 2.21. The summed E-state index contributed by atoms with van der Waals surface area (Å²) in [7, 11) is 0. The summed E-state index contributed by atoms with van der Waals surface area (Å²) in [5, 5.41) is 4.85. The summed E-state index contributed by atoms with van der Waals surface area (Å²) in [6, 6.07) is 6.73. The maximum absolute atomic E-state index is 13.1. The van der Waals surface area contributed by atoms with Gasteiger partial charge in [0.1, 0.15) is 11.6 Å². The molecule has 0 aliphatic rings. The van der Waals surface area contributed by atoms with Crippen LogP contribution in [0.3, 0.4) is 0 Å². The van der Waals surface area contributed by atoms with Gasteiger partial charge in [-0.25, -0.2) is 4.39 Å². The Kier molecular flexibility index (Phi) is 2.44. The van der Waals surface area contributed by atoms with E-state index in [0.29, 0.717) is 6.54 Å². The molecule has 0 fully saturated rings. The van der Waals surface area contributed by atoms with Crippen molar-refractivity contribution in [3.63, 3.8) is 0 Å². The van der Waals surface area contributed by atoms with Crippen molar-refractivity contribution in [1.82, 2.24) is 9.72 Å². The van der Waals surface area contributed by atoms with E-state index in [2.05, 4.69) is 9.72 Å². The summed E-state index contributed by atoms with van der Waals surface area (Å²) in [6.07, 6.45) is 1.95. The molecule has 92 valence electrons. The Hall–Kier alpha value is -2.10. The zero-order valence-corrected chi connectivity index (χ0v) is 10.3. The Morgan fingerprint density at radius 3 is 2.83 bits per heavy atom. The zero-order valence-electron chi connectivity index (χ0n) is 10.3. The Labute approximate surface area is 104 Å². The van der Waals surface area contributed by atoms with Crippen molar-refractivity contribution in [3.8, 4) is 0 Å². The quantitative estimate of drug-likeness (QED) is 0.691. The molecular weight excluding hydrogens is 231 g/mol. The van der Waals surface area contributed by atoms with Crippen LogP contribution in [0, 0.1) is 19.7 Å². The average molecular weight is 244 g/mol. The highest BCUT2D eigenvalue weighted by atomic mass is 19.1. The minimum atomic E-state index is -0.211. The lowest BCUT2D eigenvalue weighted by Crippen LogP contribution is -1.99. The highest BCUT2D eigenvalue weighted by Crippen LogP contribution is 2.20. The van der Waals surface area contributed by atoms with E-state index in [1.54, 1.807) is 12.1 Å². The summed E-state index contributed by atoms with van der Waals surface area (Å²) in [6.45, 7) is 4.52. The number of halogens is 1. The molecule has 2 aromatic heterocycles. The zero-order chi connectivity index (χ0) is 12.7. The first-order chi connectivity index (χ1) is 8.65. The van der Waals surface area contributed by atoms with Crippen molar-refractivity contribution in [2.75, 3.05) is 0 Å². The highest BCUT2D eigenvalue weighted by Gasteiger charge is 2.11. The maximum Gasteiger partial charge on any atom is 0.138 e. The van der Waals surface area contributed by atoms with Gasteiger partial charge < -0.3 is 9.09 Å². The molecule has 0 bridgehead atoms. The molecule has 18 heavy (non-hydrogen) atoms. The van der Waals surface area contributed by atoms with Crippen molar-refractivity contribution >= 4 is 10.9 Å². The van der Waals surface area contributed by atoms with E-state index >= 15 is 0 Å². The summed E-state index contributed by atoms with van der Waals surface area (Å²) < 4.78 is 20.3. The van der Waals surface area contributed by atoms with Gasteiger partial charge in [-0.3, -0.25) is 0 Å². The SMILES string of the molecule is Cc1noc(C)c1Cn1ccc2cc(F)ccc21.